The molecule has 0 rings (SSSR count). The van der Waals surface area contributed by atoms with Crippen molar-refractivity contribution in [2.24, 2.45) is 4.99 Å². The van der Waals surface area contributed by atoms with Crippen LogP contribution in [0.15, 0.2) is 16.8 Å². The molecule has 0 aliphatic heterocycles. The molecule has 0 radical (unpaired) electrons. The van der Waals surface area contributed by atoms with Crippen LogP contribution in [0.4, 0.5) is 13.2 Å². The number of hydrogen-bond acceptors (Lipinski definition) is 1. The molecule has 0 N–H and O–H groups in total. The van der Waals surface area contributed by atoms with E-state index in [0.717, 1.165) is 12.5 Å². The summed E-state index contributed by atoms with van der Waals surface area (Å²) in [6.07, 6.45) is -1.93. The highest BCUT2D eigenvalue weighted by atomic mass is 19.4. The van der Waals surface area contributed by atoms with Crippen molar-refractivity contribution in [2.75, 3.05) is 0 Å². The molecule has 0 amide bonds. The van der Waals surface area contributed by atoms with Gasteiger partial charge in [-0.2, -0.15) is 13.2 Å². The van der Waals surface area contributed by atoms with Crippen LogP contribution in [0.2, 0.25) is 0 Å². The van der Waals surface area contributed by atoms with Crippen LogP contribution >= 0.6 is 0 Å². The van der Waals surface area contributed by atoms with Crippen molar-refractivity contribution >= 4 is 5.71 Å². The second-order valence-corrected chi connectivity index (χ2v) is 2.77. The molecule has 0 aromatic rings. The summed E-state index contributed by atoms with van der Waals surface area (Å²) in [5.74, 6) is 0. The molecule has 0 bridgehead atoms. The molecule has 0 aromatic heterocycles. The first-order valence-electron chi connectivity index (χ1n) is 4.19. The van der Waals surface area contributed by atoms with Gasteiger partial charge in [0.2, 0.25) is 0 Å². The standard InChI is InChI=1S/C9H14F3N/c1-4-6-7(3)13-8(5-2)9(10,11)12/h5H,4,6H2,1-3H3/b8-5-,13-7?. The number of nitrogens with zero attached hydrogens (tertiary/aromatic N) is 1. The van der Waals surface area contributed by atoms with Crippen LogP contribution in [-0.2, 0) is 0 Å². The van der Waals surface area contributed by atoms with E-state index in [-0.39, 0.29) is 0 Å². The molecule has 0 aliphatic carbocycles. The fraction of sp³-hybridized carbons (Fsp3) is 0.667. The molecule has 1 nitrogen and oxygen atoms in total. The molecule has 13 heavy (non-hydrogen) atoms. The van der Waals surface area contributed by atoms with E-state index in [9.17, 15) is 13.2 Å². The summed E-state index contributed by atoms with van der Waals surface area (Å²) in [7, 11) is 0. The predicted molar refractivity (Wildman–Crippen MR) is 47.8 cm³/mol. The van der Waals surface area contributed by atoms with Crippen LogP contribution in [0.3, 0.4) is 0 Å². The van der Waals surface area contributed by atoms with Gasteiger partial charge in [-0.1, -0.05) is 19.4 Å². The summed E-state index contributed by atoms with van der Waals surface area (Å²) in [5.41, 5.74) is -0.286. The van der Waals surface area contributed by atoms with E-state index >= 15 is 0 Å². The maximum absolute atomic E-state index is 12.1. The minimum absolute atomic E-state index is 0.521. The van der Waals surface area contributed by atoms with E-state index in [2.05, 4.69) is 4.99 Å². The first-order valence-corrected chi connectivity index (χ1v) is 4.19. The van der Waals surface area contributed by atoms with Gasteiger partial charge in [0, 0.05) is 5.71 Å². The Labute approximate surface area is 76.4 Å². The number of aliphatic imine (C=N–C) groups is 1. The fourth-order valence-corrected chi connectivity index (χ4v) is 0.915. The smallest absolute Gasteiger partial charge is 0.253 e. The normalized spacial score (nSPS) is 14.9. The Hall–Kier alpha value is -0.800. The molecule has 0 aliphatic rings. The minimum Gasteiger partial charge on any atom is -0.253 e. The van der Waals surface area contributed by atoms with Gasteiger partial charge >= 0.3 is 6.18 Å². The Kier molecular flexibility index (Phi) is 4.73. The average molecular weight is 193 g/mol. The summed E-state index contributed by atoms with van der Waals surface area (Å²) in [5, 5.41) is 0. The van der Waals surface area contributed by atoms with Crippen molar-refractivity contribution < 1.29 is 13.2 Å². The molecule has 0 fully saturated rings. The lowest BCUT2D eigenvalue weighted by Gasteiger charge is -2.07. The van der Waals surface area contributed by atoms with E-state index in [0.29, 0.717) is 12.1 Å². The molecule has 0 spiro atoms. The lowest BCUT2D eigenvalue weighted by Crippen LogP contribution is -2.11. The Morgan fingerprint density at radius 1 is 1.38 bits per heavy atom. The summed E-state index contributed by atoms with van der Waals surface area (Å²) < 4.78 is 36.4. The van der Waals surface area contributed by atoms with Crippen molar-refractivity contribution in [3.63, 3.8) is 0 Å². The fourth-order valence-electron chi connectivity index (χ4n) is 0.915. The Morgan fingerprint density at radius 2 is 1.92 bits per heavy atom. The molecule has 0 aromatic carbocycles. The van der Waals surface area contributed by atoms with E-state index in [1.54, 1.807) is 6.92 Å². The van der Waals surface area contributed by atoms with Crippen molar-refractivity contribution in [2.45, 2.75) is 39.8 Å². The highest BCUT2D eigenvalue weighted by Crippen LogP contribution is 2.26. The summed E-state index contributed by atoms with van der Waals surface area (Å²) >= 11 is 0. The lowest BCUT2D eigenvalue weighted by atomic mass is 10.2. The maximum Gasteiger partial charge on any atom is 0.432 e. The summed E-state index contributed by atoms with van der Waals surface area (Å²) in [4.78, 5) is 3.51. The van der Waals surface area contributed by atoms with Crippen LogP contribution in [0.25, 0.3) is 0 Å². The topological polar surface area (TPSA) is 12.4 Å². The molecule has 0 saturated heterocycles. The number of rotatable bonds is 3. The zero-order chi connectivity index (χ0) is 10.5. The zero-order valence-corrected chi connectivity index (χ0v) is 8.07. The highest BCUT2D eigenvalue weighted by Gasteiger charge is 2.32. The molecular weight excluding hydrogens is 179 g/mol. The molecule has 0 unspecified atom stereocenters. The van der Waals surface area contributed by atoms with Crippen LogP contribution in [0.5, 0.6) is 0 Å². The average Bonchev–Trinajstić information content (AvgIpc) is 1.98. The number of hydrogen-bond donors (Lipinski definition) is 0. The quantitative estimate of drug-likeness (QED) is 0.606. The van der Waals surface area contributed by atoms with E-state index in [1.807, 2.05) is 6.92 Å². The second kappa shape index (κ2) is 5.04. The molecule has 76 valence electrons. The van der Waals surface area contributed by atoms with Gasteiger partial charge in [0.05, 0.1) is 0 Å². The first-order chi connectivity index (χ1) is 5.91. The van der Waals surface area contributed by atoms with Crippen molar-refractivity contribution in [1.82, 2.24) is 0 Å². The van der Waals surface area contributed by atoms with Crippen molar-refractivity contribution in [1.29, 1.82) is 0 Å². The first kappa shape index (κ1) is 12.2. The summed E-state index contributed by atoms with van der Waals surface area (Å²) in [6.45, 7) is 4.85. The van der Waals surface area contributed by atoms with Gasteiger partial charge in [0.1, 0.15) is 5.70 Å². The minimum atomic E-state index is -4.33. The number of alkyl halides is 3. The van der Waals surface area contributed by atoms with Gasteiger partial charge in [0.15, 0.2) is 0 Å². The molecule has 0 atom stereocenters. The predicted octanol–water partition coefficient (Wildman–Crippen LogP) is 3.71. The van der Waals surface area contributed by atoms with E-state index in [1.165, 1.54) is 6.92 Å². The maximum atomic E-state index is 12.1. The largest absolute Gasteiger partial charge is 0.432 e. The number of halogens is 3. The van der Waals surface area contributed by atoms with Gasteiger partial charge in [-0.15, -0.1) is 0 Å². The Bertz CT molecular complexity index is 213. The Morgan fingerprint density at radius 3 is 2.23 bits per heavy atom. The van der Waals surface area contributed by atoms with Crippen LogP contribution < -0.4 is 0 Å². The SMILES string of the molecule is C/C=C(\N=C(C)CCC)C(F)(F)F. The summed E-state index contributed by atoms with van der Waals surface area (Å²) in [6, 6.07) is 0. The number of allylic oxidation sites excluding steroid dienone is 2. The van der Waals surface area contributed by atoms with Crippen LogP contribution in [0, 0.1) is 0 Å². The van der Waals surface area contributed by atoms with Gasteiger partial charge in [-0.25, -0.2) is 0 Å². The van der Waals surface area contributed by atoms with E-state index in [4.69, 9.17) is 0 Å². The lowest BCUT2D eigenvalue weighted by molar-refractivity contribution is -0.0924. The monoisotopic (exact) mass is 193 g/mol. The van der Waals surface area contributed by atoms with Crippen LogP contribution in [0.1, 0.15) is 33.6 Å². The van der Waals surface area contributed by atoms with Gasteiger partial charge < -0.3 is 0 Å². The molecular formula is C9H14F3N. The third kappa shape index (κ3) is 4.70. The second-order valence-electron chi connectivity index (χ2n) is 2.77. The van der Waals surface area contributed by atoms with Gasteiger partial charge in [-0.05, 0) is 20.3 Å². The van der Waals surface area contributed by atoms with Crippen LogP contribution in [-0.4, -0.2) is 11.9 Å². The third-order valence-corrected chi connectivity index (χ3v) is 1.49. The zero-order valence-electron chi connectivity index (χ0n) is 8.07. The van der Waals surface area contributed by atoms with Gasteiger partial charge in [-0.3, -0.25) is 4.99 Å². The molecule has 0 heterocycles. The van der Waals surface area contributed by atoms with E-state index < -0.39 is 11.9 Å². The van der Waals surface area contributed by atoms with Crippen molar-refractivity contribution in [3.8, 4) is 0 Å². The van der Waals surface area contributed by atoms with Crippen molar-refractivity contribution in [3.05, 3.63) is 11.8 Å². The Balaban J connectivity index is 4.56. The van der Waals surface area contributed by atoms with Gasteiger partial charge in [0.25, 0.3) is 0 Å². The highest BCUT2D eigenvalue weighted by molar-refractivity contribution is 5.82. The third-order valence-electron chi connectivity index (χ3n) is 1.49. The molecule has 4 heteroatoms. The molecule has 0 saturated carbocycles.